The van der Waals surface area contributed by atoms with Crippen molar-refractivity contribution in [2.75, 3.05) is 22.9 Å². The van der Waals surface area contributed by atoms with Crippen LogP contribution in [0.1, 0.15) is 58.1 Å². The molecular weight excluding hydrogens is 690 g/mol. The maximum atomic E-state index is 14.3. The number of rotatable bonds is 7. The van der Waals surface area contributed by atoms with Crippen LogP contribution in [0.3, 0.4) is 0 Å². The first-order valence-electron chi connectivity index (χ1n) is 16.8. The Morgan fingerprint density at radius 1 is 0.740 bits per heavy atom. The summed E-state index contributed by atoms with van der Waals surface area (Å²) in [4.78, 5) is 44.8. The molecule has 0 aromatic heterocycles. The highest BCUT2D eigenvalue weighted by atomic mass is 79.9. The lowest BCUT2D eigenvalue weighted by molar-refractivity contribution is -0.122. The summed E-state index contributed by atoms with van der Waals surface area (Å²) in [6.07, 6.45) is 3.34. The average molecular weight is 725 g/mol. The van der Waals surface area contributed by atoms with Gasteiger partial charge in [-0.2, -0.15) is 0 Å². The maximum Gasteiger partial charge on any atom is 0.335 e. The number of hydrogen-bond acceptors (Lipinski definition) is 5. The van der Waals surface area contributed by atoms with Crippen LogP contribution >= 0.6 is 15.9 Å². The Morgan fingerprint density at radius 2 is 1.32 bits per heavy atom. The highest BCUT2D eigenvalue weighted by Crippen LogP contribution is 2.50. The van der Waals surface area contributed by atoms with E-state index in [1.165, 1.54) is 22.9 Å². The topological polar surface area (TPSA) is 79.0 Å². The standard InChI is InChI=1S/C42H34BrN3O4/c43-31-17-15-27(16-18-31)26-50-38-14-8-7-13-30(38)23-37-40(47)44-42(49)46(41(37)48)32-24-35-33(28-9-3-1-4-10-28)19-21-45-22-20-34(36(25-32)39(35)45)29-11-5-2-6-12-29/h1-18,23-25,33-34H,19-22,26H2,(H,44,47,49)/b37-23+/t33-,34+. The van der Waals surface area contributed by atoms with Gasteiger partial charge < -0.3 is 9.64 Å². The number of nitrogens with zero attached hydrogens (tertiary/aromatic N) is 2. The van der Waals surface area contributed by atoms with Gasteiger partial charge in [0.2, 0.25) is 0 Å². The van der Waals surface area contributed by atoms with Crippen LogP contribution in [0.15, 0.2) is 131 Å². The van der Waals surface area contributed by atoms with Crippen LogP contribution in [0, 0.1) is 0 Å². The van der Waals surface area contributed by atoms with E-state index in [9.17, 15) is 14.4 Å². The van der Waals surface area contributed by atoms with Crippen molar-refractivity contribution in [2.45, 2.75) is 31.3 Å². The van der Waals surface area contributed by atoms with Crippen molar-refractivity contribution >= 4 is 51.2 Å². The van der Waals surface area contributed by atoms with Gasteiger partial charge in [0.1, 0.15) is 17.9 Å². The number of barbiturate groups is 1. The Labute approximate surface area is 299 Å². The first kappa shape index (κ1) is 31.8. The summed E-state index contributed by atoms with van der Waals surface area (Å²) in [6.45, 7) is 2.15. The number of anilines is 2. The molecule has 0 unspecified atom stereocenters. The molecule has 5 aromatic rings. The van der Waals surface area contributed by atoms with Crippen LogP contribution in [0.4, 0.5) is 16.2 Å². The lowest BCUT2D eigenvalue weighted by atomic mass is 9.76. The van der Waals surface area contributed by atoms with Crippen molar-refractivity contribution in [3.05, 3.63) is 165 Å². The molecule has 0 aliphatic carbocycles. The molecule has 0 saturated carbocycles. The number of halogens is 1. The minimum atomic E-state index is -0.764. The number of urea groups is 1. The minimum Gasteiger partial charge on any atom is -0.488 e. The molecule has 1 fully saturated rings. The Bertz CT molecular complexity index is 2060. The number of benzene rings is 5. The predicted molar refractivity (Wildman–Crippen MR) is 198 cm³/mol. The number of para-hydroxylation sites is 1. The summed E-state index contributed by atoms with van der Waals surface area (Å²) < 4.78 is 7.11. The van der Waals surface area contributed by atoms with Gasteiger partial charge in [0.15, 0.2) is 0 Å². The van der Waals surface area contributed by atoms with E-state index in [-0.39, 0.29) is 17.4 Å². The van der Waals surface area contributed by atoms with Gasteiger partial charge in [-0.1, -0.05) is 107 Å². The second kappa shape index (κ2) is 13.4. The zero-order chi connectivity index (χ0) is 34.2. The number of hydrogen-bond donors (Lipinski definition) is 1. The Hall–Kier alpha value is -5.47. The van der Waals surface area contributed by atoms with E-state index >= 15 is 0 Å². The van der Waals surface area contributed by atoms with Gasteiger partial charge in [0.05, 0.1) is 5.69 Å². The Morgan fingerprint density at radius 3 is 1.94 bits per heavy atom. The molecule has 248 valence electrons. The number of carbonyl (C=O) groups excluding carboxylic acids is 3. The summed E-state index contributed by atoms with van der Waals surface area (Å²) in [5.74, 6) is -0.727. The third-order valence-electron chi connectivity index (χ3n) is 9.89. The fourth-order valence-electron chi connectivity index (χ4n) is 7.49. The van der Waals surface area contributed by atoms with Crippen LogP contribution < -0.4 is 19.9 Å². The monoisotopic (exact) mass is 723 g/mol. The van der Waals surface area contributed by atoms with Gasteiger partial charge >= 0.3 is 6.03 Å². The van der Waals surface area contributed by atoms with Gasteiger partial charge in [-0.25, -0.2) is 9.69 Å². The molecule has 1 N–H and O–H groups in total. The van der Waals surface area contributed by atoms with Gasteiger partial charge in [0, 0.05) is 40.6 Å². The zero-order valence-electron chi connectivity index (χ0n) is 27.2. The number of amides is 4. The molecule has 1 saturated heterocycles. The first-order valence-corrected chi connectivity index (χ1v) is 17.6. The molecule has 8 heteroatoms. The highest BCUT2D eigenvalue weighted by Gasteiger charge is 2.40. The van der Waals surface area contributed by atoms with Crippen LogP contribution in [-0.4, -0.2) is 30.9 Å². The molecule has 8 rings (SSSR count). The van der Waals surface area contributed by atoms with Gasteiger partial charge in [-0.05, 0) is 77.1 Å². The Balaban J connectivity index is 1.20. The second-order valence-corrected chi connectivity index (χ2v) is 13.8. The molecule has 50 heavy (non-hydrogen) atoms. The molecule has 5 aromatic carbocycles. The van der Waals surface area contributed by atoms with Crippen molar-refractivity contribution in [2.24, 2.45) is 0 Å². The first-order chi connectivity index (χ1) is 24.4. The summed E-state index contributed by atoms with van der Waals surface area (Å²) in [7, 11) is 0. The van der Waals surface area contributed by atoms with E-state index in [1.54, 1.807) is 12.1 Å². The molecule has 0 spiro atoms. The molecular formula is C42H34BrN3O4. The minimum absolute atomic E-state index is 0.0880. The fraction of sp³-hybridized carbons (Fsp3) is 0.167. The third-order valence-corrected chi connectivity index (χ3v) is 10.4. The highest BCUT2D eigenvalue weighted by molar-refractivity contribution is 9.10. The van der Waals surface area contributed by atoms with E-state index in [0.29, 0.717) is 23.6 Å². The smallest absolute Gasteiger partial charge is 0.335 e. The lowest BCUT2D eigenvalue weighted by Gasteiger charge is -2.44. The molecule has 0 radical (unpaired) electrons. The van der Waals surface area contributed by atoms with Crippen LogP contribution in [0.25, 0.3) is 6.08 Å². The van der Waals surface area contributed by atoms with Crippen molar-refractivity contribution in [1.29, 1.82) is 0 Å². The van der Waals surface area contributed by atoms with E-state index in [2.05, 4.69) is 74.7 Å². The van der Waals surface area contributed by atoms with Gasteiger partial charge in [-0.15, -0.1) is 0 Å². The molecule has 0 bridgehead atoms. The maximum absolute atomic E-state index is 14.3. The number of imide groups is 2. The molecule has 7 nitrogen and oxygen atoms in total. The van der Waals surface area contributed by atoms with E-state index in [0.717, 1.165) is 52.0 Å². The molecule has 3 aliphatic heterocycles. The molecule has 3 aliphatic rings. The quantitative estimate of drug-likeness (QED) is 0.135. The van der Waals surface area contributed by atoms with Crippen LogP contribution in [-0.2, 0) is 16.2 Å². The largest absolute Gasteiger partial charge is 0.488 e. The van der Waals surface area contributed by atoms with Crippen molar-refractivity contribution in [3.8, 4) is 5.75 Å². The molecule has 3 heterocycles. The van der Waals surface area contributed by atoms with E-state index in [1.807, 2.05) is 60.7 Å². The SMILES string of the molecule is O=C1NC(=O)N(c2cc3c4c(c2)[C@H](c2ccccc2)CCN4CC[C@@H]3c2ccccc2)C(=O)/C1=C/c1ccccc1OCc1ccc(Br)cc1. The second-order valence-electron chi connectivity index (χ2n) is 12.9. The van der Waals surface area contributed by atoms with Gasteiger partial charge in [-0.3, -0.25) is 14.9 Å². The summed E-state index contributed by atoms with van der Waals surface area (Å²) in [5.41, 5.74) is 7.58. The number of ether oxygens (including phenoxy) is 1. The van der Waals surface area contributed by atoms with Crippen molar-refractivity contribution < 1.29 is 19.1 Å². The normalized spacial score (nSPS) is 19.3. The zero-order valence-corrected chi connectivity index (χ0v) is 28.8. The molecule has 4 amide bonds. The van der Waals surface area contributed by atoms with Gasteiger partial charge in [0.25, 0.3) is 11.8 Å². The van der Waals surface area contributed by atoms with Crippen LogP contribution in [0.2, 0.25) is 0 Å². The average Bonchev–Trinajstić information content (AvgIpc) is 3.14. The summed E-state index contributed by atoms with van der Waals surface area (Å²) >= 11 is 3.46. The van der Waals surface area contributed by atoms with Crippen LogP contribution in [0.5, 0.6) is 5.75 Å². The van der Waals surface area contributed by atoms with E-state index < -0.39 is 17.8 Å². The lowest BCUT2D eigenvalue weighted by Crippen LogP contribution is -2.54. The fourth-order valence-corrected chi connectivity index (χ4v) is 7.75. The number of carbonyl (C=O) groups is 3. The van der Waals surface area contributed by atoms with Crippen molar-refractivity contribution in [1.82, 2.24) is 5.32 Å². The summed E-state index contributed by atoms with van der Waals surface area (Å²) in [5, 5.41) is 2.44. The Kier molecular flexibility index (Phi) is 8.54. The van der Waals surface area contributed by atoms with E-state index in [4.69, 9.17) is 4.74 Å². The predicted octanol–water partition coefficient (Wildman–Crippen LogP) is 8.57. The molecule has 2 atom stereocenters. The third kappa shape index (κ3) is 6.00. The summed E-state index contributed by atoms with van der Waals surface area (Å²) in [6, 6.07) is 39.1. The van der Waals surface area contributed by atoms with Crippen molar-refractivity contribution in [3.63, 3.8) is 0 Å². The number of nitrogens with one attached hydrogen (secondary N) is 1.